The molecule has 0 radical (unpaired) electrons. The van der Waals surface area contributed by atoms with Crippen LogP contribution in [0.4, 0.5) is 0 Å². The second-order valence-corrected chi connectivity index (χ2v) is 3.16. The number of aromatic hydroxyl groups is 1. The molecule has 0 saturated heterocycles. The van der Waals surface area contributed by atoms with Gasteiger partial charge in [0.05, 0.1) is 12.2 Å². The number of phenolic OH excluding ortho intramolecular Hbond substituents is 1. The summed E-state index contributed by atoms with van der Waals surface area (Å²) in [5.74, 6) is 0.944. The second kappa shape index (κ2) is 4.10. The number of rotatable bonds is 3. The highest BCUT2D eigenvalue weighted by molar-refractivity contribution is 5.37. The van der Waals surface area contributed by atoms with E-state index in [1.54, 1.807) is 29.2 Å². The predicted molar refractivity (Wildman–Crippen MR) is 55.8 cm³/mol. The summed E-state index contributed by atoms with van der Waals surface area (Å²) in [5, 5.41) is 16.5. The van der Waals surface area contributed by atoms with Crippen LogP contribution in [0.2, 0.25) is 0 Å². The highest BCUT2D eigenvalue weighted by Crippen LogP contribution is 2.13. The van der Waals surface area contributed by atoms with Crippen molar-refractivity contribution >= 4 is 0 Å². The average Bonchev–Trinajstić information content (AvgIpc) is 2.67. The van der Waals surface area contributed by atoms with E-state index in [-0.39, 0.29) is 5.75 Å². The lowest BCUT2D eigenvalue weighted by Crippen LogP contribution is -2.07. The van der Waals surface area contributed by atoms with Crippen molar-refractivity contribution in [3.8, 4) is 11.4 Å². The first-order valence-electron chi connectivity index (χ1n) is 4.64. The van der Waals surface area contributed by atoms with Crippen LogP contribution in [0.5, 0.6) is 5.75 Å². The Bertz CT molecular complexity index is 452. The Balaban J connectivity index is 2.29. The Morgan fingerprint density at radius 3 is 3.07 bits per heavy atom. The molecule has 0 amide bonds. The maximum absolute atomic E-state index is 9.31. The smallest absolute Gasteiger partial charge is 0.164 e. The molecule has 0 aliphatic carbocycles. The van der Waals surface area contributed by atoms with Crippen molar-refractivity contribution in [3.05, 3.63) is 36.4 Å². The van der Waals surface area contributed by atoms with Crippen LogP contribution in [0, 0.1) is 0 Å². The third-order valence-electron chi connectivity index (χ3n) is 1.97. The molecule has 2 aromatic rings. The zero-order chi connectivity index (χ0) is 10.7. The Hall–Kier alpha value is -1.88. The van der Waals surface area contributed by atoms with Gasteiger partial charge in [-0.1, -0.05) is 6.07 Å². The van der Waals surface area contributed by atoms with Gasteiger partial charge in [-0.25, -0.2) is 9.67 Å². The Labute approximate surface area is 87.4 Å². The van der Waals surface area contributed by atoms with Crippen molar-refractivity contribution in [2.75, 3.05) is 7.05 Å². The standard InChI is InChI=1S/C10H12N4O/c1-11-6-10-12-7-14(13-10)8-3-2-4-9(15)5-8/h2-5,7,11,15H,6H2,1H3. The van der Waals surface area contributed by atoms with Crippen molar-refractivity contribution < 1.29 is 5.11 Å². The normalized spacial score (nSPS) is 10.5. The van der Waals surface area contributed by atoms with Crippen LogP contribution in [0.15, 0.2) is 30.6 Å². The molecular weight excluding hydrogens is 192 g/mol. The van der Waals surface area contributed by atoms with Gasteiger partial charge in [0, 0.05) is 6.07 Å². The Morgan fingerprint density at radius 1 is 1.47 bits per heavy atom. The van der Waals surface area contributed by atoms with E-state index in [1.807, 2.05) is 13.1 Å². The lowest BCUT2D eigenvalue weighted by Gasteiger charge is -1.99. The van der Waals surface area contributed by atoms with Crippen molar-refractivity contribution in [1.82, 2.24) is 20.1 Å². The first-order valence-corrected chi connectivity index (χ1v) is 4.64. The molecule has 0 unspecified atom stereocenters. The van der Waals surface area contributed by atoms with E-state index in [1.165, 1.54) is 0 Å². The average molecular weight is 204 g/mol. The number of nitrogens with zero attached hydrogens (tertiary/aromatic N) is 3. The summed E-state index contributed by atoms with van der Waals surface area (Å²) in [4.78, 5) is 4.12. The first-order chi connectivity index (χ1) is 7.29. The van der Waals surface area contributed by atoms with Gasteiger partial charge in [-0.2, -0.15) is 0 Å². The number of nitrogens with one attached hydrogen (secondary N) is 1. The van der Waals surface area contributed by atoms with Crippen molar-refractivity contribution in [2.24, 2.45) is 0 Å². The fraction of sp³-hybridized carbons (Fsp3) is 0.200. The lowest BCUT2D eigenvalue weighted by atomic mass is 10.3. The summed E-state index contributed by atoms with van der Waals surface area (Å²) in [6.45, 7) is 0.631. The predicted octanol–water partition coefficient (Wildman–Crippen LogP) is 0.692. The summed E-state index contributed by atoms with van der Waals surface area (Å²) < 4.78 is 1.63. The third-order valence-corrected chi connectivity index (χ3v) is 1.97. The summed E-state index contributed by atoms with van der Waals surface area (Å²) in [6.07, 6.45) is 1.63. The maximum Gasteiger partial charge on any atom is 0.164 e. The molecule has 1 aromatic heterocycles. The summed E-state index contributed by atoms with van der Waals surface area (Å²) >= 11 is 0. The quantitative estimate of drug-likeness (QED) is 0.772. The van der Waals surface area contributed by atoms with Crippen LogP contribution < -0.4 is 5.32 Å². The first kappa shape index (κ1) is 9.67. The fourth-order valence-electron chi connectivity index (χ4n) is 1.30. The molecule has 0 aliphatic rings. The van der Waals surface area contributed by atoms with E-state index in [9.17, 15) is 5.11 Å². The molecule has 0 saturated carbocycles. The monoisotopic (exact) mass is 204 g/mol. The minimum Gasteiger partial charge on any atom is -0.508 e. The van der Waals surface area contributed by atoms with Gasteiger partial charge in [-0.05, 0) is 19.2 Å². The number of benzene rings is 1. The molecule has 5 heteroatoms. The van der Waals surface area contributed by atoms with Crippen LogP contribution in [0.25, 0.3) is 5.69 Å². The van der Waals surface area contributed by atoms with Crippen molar-refractivity contribution in [1.29, 1.82) is 0 Å². The fourth-order valence-corrected chi connectivity index (χ4v) is 1.30. The van der Waals surface area contributed by atoms with E-state index in [0.29, 0.717) is 6.54 Å². The number of hydrogen-bond donors (Lipinski definition) is 2. The van der Waals surface area contributed by atoms with Crippen LogP contribution >= 0.6 is 0 Å². The van der Waals surface area contributed by atoms with Crippen LogP contribution in [-0.2, 0) is 6.54 Å². The molecular formula is C10H12N4O. The van der Waals surface area contributed by atoms with E-state index >= 15 is 0 Å². The van der Waals surface area contributed by atoms with E-state index in [0.717, 1.165) is 11.5 Å². The SMILES string of the molecule is CNCc1ncn(-c2cccc(O)c2)n1. The molecule has 2 rings (SSSR count). The maximum atomic E-state index is 9.31. The van der Waals surface area contributed by atoms with Gasteiger partial charge in [0.1, 0.15) is 12.1 Å². The lowest BCUT2D eigenvalue weighted by molar-refractivity contribution is 0.475. The minimum atomic E-state index is 0.221. The Kier molecular flexibility index (Phi) is 2.64. The molecule has 0 atom stereocenters. The summed E-state index contributed by atoms with van der Waals surface area (Å²) in [7, 11) is 1.84. The van der Waals surface area contributed by atoms with Crippen LogP contribution in [0.1, 0.15) is 5.82 Å². The van der Waals surface area contributed by atoms with Gasteiger partial charge in [-0.15, -0.1) is 5.10 Å². The van der Waals surface area contributed by atoms with Gasteiger partial charge in [0.2, 0.25) is 0 Å². The molecule has 0 bridgehead atoms. The molecule has 1 heterocycles. The topological polar surface area (TPSA) is 63.0 Å². The molecule has 0 spiro atoms. The van der Waals surface area contributed by atoms with Crippen molar-refractivity contribution in [3.63, 3.8) is 0 Å². The molecule has 15 heavy (non-hydrogen) atoms. The highest BCUT2D eigenvalue weighted by Gasteiger charge is 2.01. The van der Waals surface area contributed by atoms with Gasteiger partial charge in [0.15, 0.2) is 5.82 Å². The van der Waals surface area contributed by atoms with Crippen LogP contribution in [-0.4, -0.2) is 26.9 Å². The molecule has 0 fully saturated rings. The number of aromatic nitrogens is 3. The molecule has 2 N–H and O–H groups in total. The van der Waals surface area contributed by atoms with E-state index < -0.39 is 0 Å². The molecule has 78 valence electrons. The summed E-state index contributed by atoms with van der Waals surface area (Å²) in [6, 6.07) is 6.88. The van der Waals surface area contributed by atoms with Gasteiger partial charge >= 0.3 is 0 Å². The zero-order valence-electron chi connectivity index (χ0n) is 8.38. The zero-order valence-corrected chi connectivity index (χ0v) is 8.38. The largest absolute Gasteiger partial charge is 0.508 e. The van der Waals surface area contributed by atoms with Gasteiger partial charge < -0.3 is 10.4 Å². The third kappa shape index (κ3) is 2.13. The highest BCUT2D eigenvalue weighted by atomic mass is 16.3. The number of phenols is 1. The minimum absolute atomic E-state index is 0.221. The van der Waals surface area contributed by atoms with Crippen LogP contribution in [0.3, 0.4) is 0 Å². The van der Waals surface area contributed by atoms with Crippen molar-refractivity contribution in [2.45, 2.75) is 6.54 Å². The second-order valence-electron chi connectivity index (χ2n) is 3.16. The number of hydrogen-bond acceptors (Lipinski definition) is 4. The molecule has 5 nitrogen and oxygen atoms in total. The molecule has 0 aliphatic heterocycles. The van der Waals surface area contributed by atoms with Gasteiger partial charge in [-0.3, -0.25) is 0 Å². The van der Waals surface area contributed by atoms with E-state index in [2.05, 4.69) is 15.4 Å². The Morgan fingerprint density at radius 2 is 2.33 bits per heavy atom. The van der Waals surface area contributed by atoms with E-state index in [4.69, 9.17) is 0 Å². The molecule has 1 aromatic carbocycles. The summed E-state index contributed by atoms with van der Waals surface area (Å²) in [5.41, 5.74) is 0.796. The van der Waals surface area contributed by atoms with Gasteiger partial charge in [0.25, 0.3) is 0 Å².